The number of fused-ring (bicyclic) bond motifs is 1. The molecule has 2 aromatic carbocycles. The van der Waals surface area contributed by atoms with Gasteiger partial charge in [-0.3, -0.25) is 4.31 Å². The van der Waals surface area contributed by atoms with Crippen LogP contribution >= 0.6 is 0 Å². The van der Waals surface area contributed by atoms with Gasteiger partial charge >= 0.3 is 6.18 Å². The molecule has 0 fully saturated rings. The molecule has 0 amide bonds. The van der Waals surface area contributed by atoms with Crippen LogP contribution < -0.4 is 4.31 Å². The Morgan fingerprint density at radius 2 is 1.50 bits per heavy atom. The van der Waals surface area contributed by atoms with Gasteiger partial charge in [0.15, 0.2) is 0 Å². The maximum Gasteiger partial charge on any atom is 0.416 e. The van der Waals surface area contributed by atoms with E-state index < -0.39 is 31.8 Å². The molecule has 2 aromatic rings. The van der Waals surface area contributed by atoms with E-state index in [9.17, 15) is 30.0 Å². The molecule has 1 aliphatic rings. The van der Waals surface area contributed by atoms with E-state index in [1.165, 1.54) is 22.5 Å². The number of alkyl halides is 3. The summed E-state index contributed by atoms with van der Waals surface area (Å²) in [7, 11) is -7.77. The topological polar surface area (TPSA) is 74.8 Å². The smallest absolute Gasteiger partial charge is 0.266 e. The van der Waals surface area contributed by atoms with Gasteiger partial charge in [0.1, 0.15) is 0 Å². The molecule has 0 radical (unpaired) electrons. The van der Waals surface area contributed by atoms with E-state index in [1.54, 1.807) is 13.8 Å². The molecule has 3 rings (SSSR count). The second-order valence-electron chi connectivity index (χ2n) is 6.73. The maximum atomic E-state index is 13.0. The molecule has 11 heteroatoms. The molecular formula is C19H21F3N2O4S2. The molecule has 0 N–H and O–H groups in total. The number of anilines is 1. The van der Waals surface area contributed by atoms with Gasteiger partial charge < -0.3 is 0 Å². The monoisotopic (exact) mass is 462 g/mol. The Balaban J connectivity index is 1.95. The van der Waals surface area contributed by atoms with Crippen LogP contribution in [0.25, 0.3) is 0 Å². The second-order valence-corrected chi connectivity index (χ2v) is 10.5. The molecule has 0 unspecified atom stereocenters. The van der Waals surface area contributed by atoms with Crippen LogP contribution in [0.5, 0.6) is 0 Å². The quantitative estimate of drug-likeness (QED) is 0.659. The fourth-order valence-corrected chi connectivity index (χ4v) is 6.43. The lowest BCUT2D eigenvalue weighted by molar-refractivity contribution is -0.137. The second kappa shape index (κ2) is 7.86. The van der Waals surface area contributed by atoms with Crippen LogP contribution in [0.3, 0.4) is 0 Å². The first-order valence-corrected chi connectivity index (χ1v) is 12.1. The van der Waals surface area contributed by atoms with Crippen molar-refractivity contribution in [3.63, 3.8) is 0 Å². The largest absolute Gasteiger partial charge is 0.416 e. The van der Waals surface area contributed by atoms with Crippen molar-refractivity contribution in [2.45, 2.75) is 36.2 Å². The van der Waals surface area contributed by atoms with E-state index >= 15 is 0 Å². The normalized spacial score (nSPS) is 14.9. The predicted molar refractivity (Wildman–Crippen MR) is 106 cm³/mol. The third kappa shape index (κ3) is 3.93. The van der Waals surface area contributed by atoms with E-state index in [-0.39, 0.29) is 16.3 Å². The molecule has 0 aromatic heterocycles. The van der Waals surface area contributed by atoms with Crippen molar-refractivity contribution in [2.24, 2.45) is 0 Å². The molecule has 164 valence electrons. The van der Waals surface area contributed by atoms with Crippen LogP contribution in [0.15, 0.2) is 52.3 Å². The number of hydrogen-bond acceptors (Lipinski definition) is 4. The maximum absolute atomic E-state index is 13.0. The van der Waals surface area contributed by atoms with Gasteiger partial charge in [-0.2, -0.15) is 17.5 Å². The third-order valence-electron chi connectivity index (χ3n) is 5.02. The summed E-state index contributed by atoms with van der Waals surface area (Å²) in [6.45, 7) is 4.15. The third-order valence-corrected chi connectivity index (χ3v) is 8.89. The van der Waals surface area contributed by atoms with E-state index in [4.69, 9.17) is 0 Å². The number of benzene rings is 2. The number of rotatable bonds is 6. The summed E-state index contributed by atoms with van der Waals surface area (Å²) in [6.07, 6.45) is -4.26. The average Bonchev–Trinajstić information content (AvgIpc) is 3.12. The highest BCUT2D eigenvalue weighted by Gasteiger charge is 2.34. The lowest BCUT2D eigenvalue weighted by Crippen LogP contribution is -2.31. The Kier molecular flexibility index (Phi) is 5.91. The van der Waals surface area contributed by atoms with Gasteiger partial charge in [-0.1, -0.05) is 13.8 Å². The number of halogens is 3. The lowest BCUT2D eigenvalue weighted by Gasteiger charge is -2.21. The van der Waals surface area contributed by atoms with Crippen LogP contribution in [0, 0.1) is 0 Å². The molecule has 1 aliphatic heterocycles. The van der Waals surface area contributed by atoms with Crippen molar-refractivity contribution in [2.75, 3.05) is 23.9 Å². The molecule has 6 nitrogen and oxygen atoms in total. The first kappa shape index (κ1) is 22.6. The zero-order chi connectivity index (χ0) is 22.3. The molecule has 0 aliphatic carbocycles. The predicted octanol–water partition coefficient (Wildman–Crippen LogP) is 3.49. The summed E-state index contributed by atoms with van der Waals surface area (Å²) in [5.74, 6) is 0. The summed E-state index contributed by atoms with van der Waals surface area (Å²) in [5, 5.41) is 0. The number of hydrogen-bond donors (Lipinski definition) is 0. The van der Waals surface area contributed by atoms with Gasteiger partial charge in [-0.25, -0.2) is 16.8 Å². The van der Waals surface area contributed by atoms with Gasteiger partial charge in [0.05, 0.1) is 21.0 Å². The number of nitrogens with zero attached hydrogens (tertiary/aromatic N) is 2. The molecular weight excluding hydrogens is 441 g/mol. The Hall–Kier alpha value is -2.11. The molecule has 1 heterocycles. The number of sulfonamides is 2. The van der Waals surface area contributed by atoms with Crippen molar-refractivity contribution in [3.8, 4) is 0 Å². The Labute approximate surface area is 174 Å². The minimum atomic E-state index is -4.56. The fraction of sp³-hybridized carbons (Fsp3) is 0.368. The summed E-state index contributed by atoms with van der Waals surface area (Å²) in [5.41, 5.74) is -0.0540. The van der Waals surface area contributed by atoms with Crippen LogP contribution in [0.1, 0.15) is 25.0 Å². The summed E-state index contributed by atoms with van der Waals surface area (Å²) in [4.78, 5) is -0.179. The zero-order valence-electron chi connectivity index (χ0n) is 16.3. The van der Waals surface area contributed by atoms with Gasteiger partial charge in [0, 0.05) is 19.6 Å². The molecule has 0 bridgehead atoms. The summed E-state index contributed by atoms with van der Waals surface area (Å²) < 4.78 is 92.0. The van der Waals surface area contributed by atoms with E-state index in [0.29, 0.717) is 30.8 Å². The summed E-state index contributed by atoms with van der Waals surface area (Å²) >= 11 is 0. The van der Waals surface area contributed by atoms with Crippen molar-refractivity contribution < 1.29 is 30.0 Å². The molecule has 0 atom stereocenters. The zero-order valence-corrected chi connectivity index (χ0v) is 18.0. The van der Waals surface area contributed by atoms with Crippen LogP contribution in [-0.2, 0) is 32.6 Å². The van der Waals surface area contributed by atoms with Crippen molar-refractivity contribution >= 4 is 25.7 Å². The summed E-state index contributed by atoms with van der Waals surface area (Å²) in [6, 6.07) is 7.55. The molecule has 0 saturated carbocycles. The van der Waals surface area contributed by atoms with Gasteiger partial charge in [0.25, 0.3) is 10.0 Å². The first-order valence-electron chi connectivity index (χ1n) is 9.26. The fourth-order valence-electron chi connectivity index (χ4n) is 3.41. The highest BCUT2D eigenvalue weighted by atomic mass is 32.2. The van der Waals surface area contributed by atoms with Gasteiger partial charge in [-0.15, -0.1) is 0 Å². The van der Waals surface area contributed by atoms with Gasteiger partial charge in [0.2, 0.25) is 10.0 Å². The van der Waals surface area contributed by atoms with E-state index in [0.717, 1.165) is 28.6 Å². The lowest BCUT2D eigenvalue weighted by atomic mass is 10.2. The molecule has 0 spiro atoms. The van der Waals surface area contributed by atoms with Crippen LogP contribution in [0.4, 0.5) is 18.9 Å². The van der Waals surface area contributed by atoms with E-state index in [1.807, 2.05) is 0 Å². The highest BCUT2D eigenvalue weighted by molar-refractivity contribution is 7.92. The molecule has 0 saturated heterocycles. The standard InChI is InChI=1S/C19H21F3N2O4S2/c1-3-23(4-2)29(25,26)17-9-10-18-14(13-17)11-12-24(18)30(27,28)16-7-5-15(6-8-16)19(20,21)22/h5-10,13H,3-4,11-12H2,1-2H3. The Morgan fingerprint density at radius 3 is 2.03 bits per heavy atom. The van der Waals surface area contributed by atoms with Crippen LogP contribution in [0.2, 0.25) is 0 Å². The van der Waals surface area contributed by atoms with E-state index in [2.05, 4.69) is 0 Å². The van der Waals surface area contributed by atoms with Gasteiger partial charge in [-0.05, 0) is 54.4 Å². The Morgan fingerprint density at radius 1 is 0.933 bits per heavy atom. The van der Waals surface area contributed by atoms with Crippen molar-refractivity contribution in [1.29, 1.82) is 0 Å². The van der Waals surface area contributed by atoms with Crippen LogP contribution in [-0.4, -0.2) is 40.8 Å². The van der Waals surface area contributed by atoms with Crippen molar-refractivity contribution in [3.05, 3.63) is 53.6 Å². The minimum absolute atomic E-state index is 0.0768. The first-order chi connectivity index (χ1) is 13.9. The SMILES string of the molecule is CCN(CC)S(=O)(=O)c1ccc2c(c1)CCN2S(=O)(=O)c1ccc(C(F)(F)F)cc1. The van der Waals surface area contributed by atoms with Crippen molar-refractivity contribution in [1.82, 2.24) is 4.31 Å². The average molecular weight is 463 g/mol. The highest BCUT2D eigenvalue weighted by Crippen LogP contribution is 2.36. The molecule has 30 heavy (non-hydrogen) atoms. The minimum Gasteiger partial charge on any atom is -0.266 e. The Bertz CT molecular complexity index is 1140.